The third-order valence-electron chi connectivity index (χ3n) is 6.47. The number of nitrogens with two attached hydrogens (primary N) is 4. The van der Waals surface area contributed by atoms with Gasteiger partial charge in [-0.05, 0) is 44.7 Å². The Bertz CT molecular complexity index is 699. The molecule has 0 aromatic carbocycles. The van der Waals surface area contributed by atoms with Gasteiger partial charge in [-0.3, -0.25) is 4.79 Å². The Hall–Kier alpha value is -1.51. The molecule has 3 rings (SSSR count). The van der Waals surface area contributed by atoms with Crippen molar-refractivity contribution in [3.63, 3.8) is 0 Å². The molecule has 7 unspecified atom stereocenters. The minimum Gasteiger partial charge on any atom is -0.468 e. The first-order chi connectivity index (χ1) is 20.0. The summed E-state index contributed by atoms with van der Waals surface area (Å²) in [5.41, 5.74) is 21.3. The molecular formula is C26H57N7O9. The van der Waals surface area contributed by atoms with Crippen LogP contribution in [-0.2, 0) is 19.0 Å². The van der Waals surface area contributed by atoms with Crippen molar-refractivity contribution in [2.75, 3.05) is 53.5 Å². The molecule has 0 aromatic rings. The molecule has 1 saturated heterocycles. The van der Waals surface area contributed by atoms with Gasteiger partial charge in [0.2, 0.25) is 6.41 Å². The van der Waals surface area contributed by atoms with Gasteiger partial charge in [-0.15, -0.1) is 0 Å². The third kappa shape index (κ3) is 17.6. The molecule has 2 aliphatic heterocycles. The van der Waals surface area contributed by atoms with Crippen LogP contribution in [0.1, 0.15) is 39.0 Å². The molecule has 42 heavy (non-hydrogen) atoms. The Morgan fingerprint density at radius 3 is 2.40 bits per heavy atom. The summed E-state index contributed by atoms with van der Waals surface area (Å²) in [5.74, 6) is 1.11. The second-order valence-electron chi connectivity index (χ2n) is 10.5. The molecule has 15 N–H and O–H groups in total. The molecule has 0 radical (unpaired) electrons. The number of nitrogens with zero attached hydrogens (tertiary/aromatic N) is 1. The Labute approximate surface area is 249 Å². The molecule has 2 fully saturated rings. The van der Waals surface area contributed by atoms with Crippen molar-refractivity contribution in [3.05, 3.63) is 11.8 Å². The lowest BCUT2D eigenvalue weighted by Gasteiger charge is -2.39. The molecule has 3 aliphatic rings. The fourth-order valence-corrected chi connectivity index (χ4v) is 4.34. The molecule has 1 aliphatic carbocycles. The number of carbonyl (C=O) groups excluding carboxylic acids is 1. The molecule has 2 heterocycles. The zero-order valence-electron chi connectivity index (χ0n) is 25.3. The Morgan fingerprint density at radius 2 is 1.90 bits per heavy atom. The molecule has 0 aromatic heterocycles. The summed E-state index contributed by atoms with van der Waals surface area (Å²) in [6.07, 6.45) is 2.33. The Morgan fingerprint density at radius 1 is 1.21 bits per heavy atom. The SMILES string of the molecule is CC1COC(O)C(O)C1.CN.CN(O)CCN.NC(CO)CNCC1=CCC[C@@H](O[C@@H]2C(N)CC(NC=O)CC2O)O1. The number of hydrogen-bond acceptors (Lipinski definition) is 15. The predicted octanol–water partition coefficient (Wildman–Crippen LogP) is -3.54. The fourth-order valence-electron chi connectivity index (χ4n) is 4.34. The van der Waals surface area contributed by atoms with Crippen LogP contribution in [0.15, 0.2) is 11.8 Å². The minimum absolute atomic E-state index is 0.0734. The highest BCUT2D eigenvalue weighted by Gasteiger charge is 2.38. The maximum atomic E-state index is 10.5. The molecule has 250 valence electrons. The first-order valence-electron chi connectivity index (χ1n) is 14.4. The number of likely N-dealkylation sites (N-methyl/N-ethyl adjacent to an activating group) is 1. The second kappa shape index (κ2) is 23.9. The highest BCUT2D eigenvalue weighted by molar-refractivity contribution is 5.46. The zero-order chi connectivity index (χ0) is 32.1. The number of rotatable bonds is 11. The standard InChI is InChI=1S/C16H30N4O5.C6H12O3.C3H10N2O.CH5N/c17-10(8-21)6-19-7-12-2-1-3-15(24-12)25-16-13(18)4-11(20-9-22)5-14(16)23;1-4-2-5(7)6(8)9-3-4;1-5(6)3-2-4;1-2/h2,9-11,13-16,19,21,23H,1,3-8,17-18H2,(H,20,22);4-8H,2-3H2,1H3;6H,2-4H2,1H3;2H2,1H3/t10?,11?,13?,14?,15-,16-;;;/m1.../s1. The highest BCUT2D eigenvalue weighted by Crippen LogP contribution is 2.26. The van der Waals surface area contributed by atoms with Crippen LogP contribution in [0.25, 0.3) is 0 Å². The number of aliphatic hydroxyl groups is 4. The molecule has 9 atom stereocenters. The van der Waals surface area contributed by atoms with Gasteiger partial charge in [0.05, 0.1) is 25.9 Å². The van der Waals surface area contributed by atoms with E-state index in [2.05, 4.69) is 16.4 Å². The van der Waals surface area contributed by atoms with Crippen molar-refractivity contribution < 1.29 is 44.6 Å². The smallest absolute Gasteiger partial charge is 0.207 e. The quantitative estimate of drug-likeness (QED) is 0.0797. The van der Waals surface area contributed by atoms with E-state index < -0.39 is 30.9 Å². The van der Waals surface area contributed by atoms with Crippen molar-refractivity contribution in [3.8, 4) is 0 Å². The maximum absolute atomic E-state index is 10.5. The number of carbonyl (C=O) groups is 1. The van der Waals surface area contributed by atoms with E-state index >= 15 is 0 Å². The molecule has 1 amide bonds. The average Bonchev–Trinajstić information content (AvgIpc) is 2.95. The van der Waals surface area contributed by atoms with E-state index in [9.17, 15) is 9.90 Å². The van der Waals surface area contributed by atoms with Crippen molar-refractivity contribution in [1.29, 1.82) is 0 Å². The normalized spacial score (nSPS) is 31.4. The zero-order valence-corrected chi connectivity index (χ0v) is 25.3. The third-order valence-corrected chi connectivity index (χ3v) is 6.47. The monoisotopic (exact) mass is 611 g/mol. The van der Waals surface area contributed by atoms with E-state index in [1.54, 1.807) is 7.05 Å². The summed E-state index contributed by atoms with van der Waals surface area (Å²) in [4.78, 5) is 10.5. The molecule has 0 spiro atoms. The summed E-state index contributed by atoms with van der Waals surface area (Å²) >= 11 is 0. The summed E-state index contributed by atoms with van der Waals surface area (Å²) in [7, 11) is 3.06. The fraction of sp³-hybridized carbons (Fsp3) is 0.885. The number of hydrogen-bond donors (Lipinski definition) is 11. The van der Waals surface area contributed by atoms with Gasteiger partial charge in [0.25, 0.3) is 0 Å². The van der Waals surface area contributed by atoms with Gasteiger partial charge in [0.1, 0.15) is 18.0 Å². The highest BCUT2D eigenvalue weighted by atomic mass is 16.7. The van der Waals surface area contributed by atoms with Gasteiger partial charge >= 0.3 is 0 Å². The number of hydroxylamine groups is 2. The maximum Gasteiger partial charge on any atom is 0.207 e. The van der Waals surface area contributed by atoms with Gasteiger partial charge in [0.15, 0.2) is 12.6 Å². The van der Waals surface area contributed by atoms with Gasteiger partial charge < -0.3 is 73.4 Å². The molecule has 1 saturated carbocycles. The summed E-state index contributed by atoms with van der Waals surface area (Å²) < 4.78 is 16.5. The van der Waals surface area contributed by atoms with Gasteiger partial charge in [0, 0.05) is 51.2 Å². The van der Waals surface area contributed by atoms with Crippen molar-refractivity contribution in [2.24, 2.45) is 28.9 Å². The van der Waals surface area contributed by atoms with E-state index in [-0.39, 0.29) is 24.7 Å². The van der Waals surface area contributed by atoms with E-state index in [0.717, 1.165) is 17.2 Å². The summed E-state index contributed by atoms with van der Waals surface area (Å²) in [6.45, 7) is 4.49. The van der Waals surface area contributed by atoms with Crippen LogP contribution in [0.3, 0.4) is 0 Å². The van der Waals surface area contributed by atoms with E-state index in [1.165, 1.54) is 7.05 Å². The lowest BCUT2D eigenvalue weighted by Crippen LogP contribution is -2.56. The number of amides is 1. The first-order valence-corrected chi connectivity index (χ1v) is 14.4. The van der Waals surface area contributed by atoms with Crippen LogP contribution in [0, 0.1) is 5.92 Å². The van der Waals surface area contributed by atoms with E-state index in [1.807, 2.05) is 13.0 Å². The molecule has 16 heteroatoms. The van der Waals surface area contributed by atoms with E-state index in [0.29, 0.717) is 70.8 Å². The lowest BCUT2D eigenvalue weighted by atomic mass is 9.86. The van der Waals surface area contributed by atoms with Crippen LogP contribution in [0.4, 0.5) is 0 Å². The number of aliphatic hydroxyl groups excluding tert-OH is 4. The lowest BCUT2D eigenvalue weighted by molar-refractivity contribution is -0.198. The van der Waals surface area contributed by atoms with Crippen LogP contribution in [-0.4, -0.2) is 140 Å². The van der Waals surface area contributed by atoms with Crippen LogP contribution in [0.5, 0.6) is 0 Å². The minimum atomic E-state index is -0.957. The average molecular weight is 612 g/mol. The van der Waals surface area contributed by atoms with Crippen molar-refractivity contribution in [2.45, 2.75) is 88.0 Å². The van der Waals surface area contributed by atoms with Gasteiger partial charge in [-0.1, -0.05) is 6.92 Å². The number of nitrogens with one attached hydrogen (secondary N) is 2. The molecular weight excluding hydrogens is 554 g/mol. The van der Waals surface area contributed by atoms with Crippen LogP contribution >= 0.6 is 0 Å². The van der Waals surface area contributed by atoms with Crippen molar-refractivity contribution in [1.82, 2.24) is 15.7 Å². The first kappa shape index (κ1) is 40.5. The van der Waals surface area contributed by atoms with Gasteiger partial charge in [-0.2, -0.15) is 5.06 Å². The Kier molecular flexibility index (Phi) is 23.0. The Balaban J connectivity index is 0.000000806. The van der Waals surface area contributed by atoms with Crippen molar-refractivity contribution >= 4 is 6.41 Å². The summed E-state index contributed by atoms with van der Waals surface area (Å²) in [6, 6.07) is -0.815. The number of allylic oxidation sites excluding steroid dienone is 1. The topological polar surface area (TPSA) is 277 Å². The predicted molar refractivity (Wildman–Crippen MR) is 157 cm³/mol. The molecule has 16 nitrogen and oxygen atoms in total. The van der Waals surface area contributed by atoms with Crippen LogP contribution < -0.4 is 33.6 Å². The second-order valence-corrected chi connectivity index (χ2v) is 10.5. The molecule has 0 bridgehead atoms. The van der Waals surface area contributed by atoms with Gasteiger partial charge in [-0.25, -0.2) is 0 Å². The number of ether oxygens (including phenoxy) is 3. The summed E-state index contributed by atoms with van der Waals surface area (Å²) in [5, 5.41) is 52.1. The van der Waals surface area contributed by atoms with E-state index in [4.69, 9.17) is 51.9 Å². The van der Waals surface area contributed by atoms with Crippen LogP contribution in [0.2, 0.25) is 0 Å². The largest absolute Gasteiger partial charge is 0.468 e.